The number of hydrogen-bond acceptors (Lipinski definition) is 5. The molecule has 2 aromatic rings. The Morgan fingerprint density at radius 1 is 1.30 bits per heavy atom. The van der Waals surface area contributed by atoms with Gasteiger partial charge in [0.05, 0.1) is 24.5 Å². The second-order valence-electron chi connectivity index (χ2n) is 7.26. The van der Waals surface area contributed by atoms with Gasteiger partial charge in [0.2, 0.25) is 5.91 Å². The summed E-state index contributed by atoms with van der Waals surface area (Å²) in [6.07, 6.45) is 4.31. The zero-order valence-electron chi connectivity index (χ0n) is 16.6. The lowest BCUT2D eigenvalue weighted by Gasteiger charge is -2.28. The lowest BCUT2D eigenvalue weighted by molar-refractivity contribution is -0.129. The van der Waals surface area contributed by atoms with Crippen molar-refractivity contribution >= 4 is 5.91 Å². The van der Waals surface area contributed by atoms with Crippen molar-refractivity contribution in [2.45, 2.75) is 32.9 Å². The molecule has 0 unspecified atom stereocenters. The van der Waals surface area contributed by atoms with E-state index in [1.54, 1.807) is 7.11 Å². The third kappa shape index (κ3) is 4.36. The fourth-order valence-corrected chi connectivity index (χ4v) is 3.72. The van der Waals surface area contributed by atoms with Crippen LogP contribution >= 0.6 is 0 Å². The highest BCUT2D eigenvalue weighted by Gasteiger charge is 2.41. The summed E-state index contributed by atoms with van der Waals surface area (Å²) in [5, 5.41) is 7.87. The summed E-state index contributed by atoms with van der Waals surface area (Å²) in [7, 11) is 3.60. The Morgan fingerprint density at radius 3 is 2.74 bits per heavy atom. The summed E-state index contributed by atoms with van der Waals surface area (Å²) in [4.78, 5) is 19.1. The minimum Gasteiger partial charge on any atom is -0.383 e. The average molecular weight is 371 g/mol. The smallest absolute Gasteiger partial charge is 0.223 e. The van der Waals surface area contributed by atoms with E-state index in [2.05, 4.69) is 28.4 Å². The van der Waals surface area contributed by atoms with Crippen LogP contribution in [-0.2, 0) is 23.1 Å². The van der Waals surface area contributed by atoms with Gasteiger partial charge in [0.25, 0.3) is 0 Å². The van der Waals surface area contributed by atoms with Gasteiger partial charge in [0.1, 0.15) is 0 Å². The Bertz CT molecular complexity index is 771. The van der Waals surface area contributed by atoms with E-state index in [9.17, 15) is 4.79 Å². The normalized spacial score (nSPS) is 19.9. The van der Waals surface area contributed by atoms with Gasteiger partial charge in [-0.1, -0.05) is 6.07 Å². The molecule has 1 aliphatic heterocycles. The molecule has 0 bridgehead atoms. The Balaban J connectivity index is 1.72. The van der Waals surface area contributed by atoms with Crippen LogP contribution in [0.25, 0.3) is 0 Å². The minimum atomic E-state index is 0.0276. The number of likely N-dealkylation sites (tertiary alicyclic amines) is 1. The van der Waals surface area contributed by atoms with Gasteiger partial charge >= 0.3 is 0 Å². The SMILES string of the molecule is COCCN1C(=O)C[C@@H](CNCc2ccc(C)cn2)[C@@H]1c1cnn(C)c1C. The Hall–Kier alpha value is -2.25. The number of ether oxygens (including phenoxy) is 1. The molecule has 1 aliphatic rings. The molecule has 1 fully saturated rings. The molecule has 3 heterocycles. The zero-order valence-corrected chi connectivity index (χ0v) is 16.6. The van der Waals surface area contributed by atoms with Gasteiger partial charge < -0.3 is 15.0 Å². The van der Waals surface area contributed by atoms with E-state index in [-0.39, 0.29) is 17.9 Å². The third-order valence-electron chi connectivity index (χ3n) is 5.35. The van der Waals surface area contributed by atoms with Crippen molar-refractivity contribution in [3.05, 3.63) is 47.0 Å². The molecule has 2 aromatic heterocycles. The van der Waals surface area contributed by atoms with E-state index in [1.807, 2.05) is 42.0 Å². The van der Waals surface area contributed by atoms with Gasteiger partial charge in [-0.25, -0.2) is 0 Å². The van der Waals surface area contributed by atoms with Crippen molar-refractivity contribution in [3.63, 3.8) is 0 Å². The number of aryl methyl sites for hydroxylation is 2. The molecule has 1 N–H and O–H groups in total. The topological polar surface area (TPSA) is 72.3 Å². The lowest BCUT2D eigenvalue weighted by Crippen LogP contribution is -2.34. The van der Waals surface area contributed by atoms with E-state index in [0.29, 0.717) is 26.1 Å². The summed E-state index contributed by atoms with van der Waals surface area (Å²) < 4.78 is 7.09. The average Bonchev–Trinajstić information content (AvgIpc) is 3.14. The zero-order chi connectivity index (χ0) is 19.4. The number of carbonyl (C=O) groups is 1. The standard InChI is InChI=1S/C20H29N5O2/c1-14-5-6-17(22-10-14)12-21-11-16-9-19(26)25(7-8-27-4)20(16)18-13-23-24(3)15(18)2/h5-6,10,13,16,20-21H,7-9,11-12H2,1-4H3/t16-,20+/m0/s1. The molecular weight excluding hydrogens is 342 g/mol. The molecule has 1 amide bonds. The largest absolute Gasteiger partial charge is 0.383 e. The number of nitrogens with zero attached hydrogens (tertiary/aromatic N) is 4. The van der Waals surface area contributed by atoms with Crippen LogP contribution < -0.4 is 5.32 Å². The number of pyridine rings is 1. The fraction of sp³-hybridized carbons (Fsp3) is 0.550. The second-order valence-corrected chi connectivity index (χ2v) is 7.26. The molecule has 1 saturated heterocycles. The first-order chi connectivity index (χ1) is 13.0. The highest BCUT2D eigenvalue weighted by Crippen LogP contribution is 2.38. The van der Waals surface area contributed by atoms with Gasteiger partial charge in [0.15, 0.2) is 0 Å². The van der Waals surface area contributed by atoms with Gasteiger partial charge in [-0.15, -0.1) is 0 Å². The van der Waals surface area contributed by atoms with Crippen LogP contribution in [0.1, 0.15) is 35.0 Å². The highest BCUT2D eigenvalue weighted by molar-refractivity contribution is 5.79. The number of rotatable bonds is 8. The van der Waals surface area contributed by atoms with Crippen LogP contribution in [0.15, 0.2) is 24.5 Å². The van der Waals surface area contributed by atoms with E-state index in [1.165, 1.54) is 0 Å². The van der Waals surface area contributed by atoms with E-state index >= 15 is 0 Å². The molecule has 7 heteroatoms. The number of methoxy groups -OCH3 is 1. The summed E-state index contributed by atoms with van der Waals surface area (Å²) in [5.41, 5.74) is 4.39. The van der Waals surface area contributed by atoms with Crippen LogP contribution in [0.3, 0.4) is 0 Å². The monoisotopic (exact) mass is 371 g/mol. The van der Waals surface area contributed by atoms with Crippen molar-refractivity contribution in [2.75, 3.05) is 26.8 Å². The van der Waals surface area contributed by atoms with Crippen molar-refractivity contribution in [2.24, 2.45) is 13.0 Å². The Morgan fingerprint density at radius 2 is 2.11 bits per heavy atom. The highest BCUT2D eigenvalue weighted by atomic mass is 16.5. The first kappa shape index (κ1) is 19.5. The van der Waals surface area contributed by atoms with Crippen LogP contribution in [0.2, 0.25) is 0 Å². The number of hydrogen-bond donors (Lipinski definition) is 1. The van der Waals surface area contributed by atoms with Crippen LogP contribution in [-0.4, -0.2) is 52.4 Å². The van der Waals surface area contributed by atoms with Gasteiger partial charge in [0, 0.05) is 63.6 Å². The van der Waals surface area contributed by atoms with E-state index in [0.717, 1.165) is 29.1 Å². The maximum Gasteiger partial charge on any atom is 0.223 e. The van der Waals surface area contributed by atoms with Crippen molar-refractivity contribution < 1.29 is 9.53 Å². The molecular formula is C20H29N5O2. The number of amides is 1. The molecule has 0 spiro atoms. The fourth-order valence-electron chi connectivity index (χ4n) is 3.72. The quantitative estimate of drug-likeness (QED) is 0.765. The first-order valence-corrected chi connectivity index (χ1v) is 9.40. The molecule has 3 rings (SSSR count). The van der Waals surface area contributed by atoms with Crippen LogP contribution in [0.4, 0.5) is 0 Å². The molecule has 0 aliphatic carbocycles. The summed E-state index contributed by atoms with van der Waals surface area (Å²) in [6.45, 7) is 6.68. The molecule has 7 nitrogen and oxygen atoms in total. The molecule has 0 saturated carbocycles. The summed E-state index contributed by atoms with van der Waals surface area (Å²) in [5.74, 6) is 0.378. The van der Waals surface area contributed by atoms with Gasteiger partial charge in [-0.3, -0.25) is 14.5 Å². The predicted molar refractivity (Wildman–Crippen MR) is 103 cm³/mol. The summed E-state index contributed by atoms with van der Waals surface area (Å²) >= 11 is 0. The minimum absolute atomic E-state index is 0.0276. The second kappa shape index (κ2) is 8.63. The maximum absolute atomic E-state index is 12.7. The molecule has 0 aromatic carbocycles. The van der Waals surface area contributed by atoms with Gasteiger partial charge in [-0.2, -0.15) is 5.10 Å². The van der Waals surface area contributed by atoms with E-state index < -0.39 is 0 Å². The molecule has 2 atom stereocenters. The lowest BCUT2D eigenvalue weighted by atomic mass is 9.94. The third-order valence-corrected chi connectivity index (χ3v) is 5.35. The van der Waals surface area contributed by atoms with Crippen LogP contribution in [0, 0.1) is 19.8 Å². The molecule has 146 valence electrons. The van der Waals surface area contributed by atoms with Gasteiger partial charge in [-0.05, 0) is 25.5 Å². The summed E-state index contributed by atoms with van der Waals surface area (Å²) in [6, 6.07) is 4.13. The molecule has 27 heavy (non-hydrogen) atoms. The number of nitrogens with one attached hydrogen (secondary N) is 1. The Kier molecular flexibility index (Phi) is 6.23. The Labute approximate surface area is 160 Å². The van der Waals surface area contributed by atoms with Crippen molar-refractivity contribution in [3.8, 4) is 0 Å². The van der Waals surface area contributed by atoms with Crippen molar-refractivity contribution in [1.82, 2.24) is 25.0 Å². The van der Waals surface area contributed by atoms with Crippen LogP contribution in [0.5, 0.6) is 0 Å². The van der Waals surface area contributed by atoms with E-state index in [4.69, 9.17) is 4.74 Å². The maximum atomic E-state index is 12.7. The number of aromatic nitrogens is 3. The predicted octanol–water partition coefficient (Wildman–Crippen LogP) is 1.76. The molecule has 0 radical (unpaired) electrons. The van der Waals surface area contributed by atoms with Crippen molar-refractivity contribution in [1.29, 1.82) is 0 Å². The first-order valence-electron chi connectivity index (χ1n) is 9.40. The number of carbonyl (C=O) groups excluding carboxylic acids is 1.